The van der Waals surface area contributed by atoms with Crippen LogP contribution >= 0.6 is 27.3 Å². The molecule has 1 aromatic heterocycles. The van der Waals surface area contributed by atoms with Gasteiger partial charge >= 0.3 is 0 Å². The summed E-state index contributed by atoms with van der Waals surface area (Å²) < 4.78 is 1.01. The summed E-state index contributed by atoms with van der Waals surface area (Å²) in [5.74, 6) is 0. The first-order valence-electron chi connectivity index (χ1n) is 4.02. The fourth-order valence-corrected chi connectivity index (χ4v) is 2.83. The largest absolute Gasteiger partial charge is 0.397 e. The molecule has 70 valence electrons. The zero-order valence-electron chi connectivity index (χ0n) is 7.25. The van der Waals surface area contributed by atoms with Crippen LogP contribution in [0.1, 0.15) is 11.1 Å². The normalized spacial score (nSPS) is 10.3. The number of fused-ring (bicyclic) bond motifs is 1. The molecule has 2 N–H and O–H groups in total. The molecule has 0 amide bonds. The van der Waals surface area contributed by atoms with Crippen LogP contribution in [0.2, 0.25) is 0 Å². The number of nitrogens with two attached hydrogens (primary N) is 1. The van der Waals surface area contributed by atoms with Gasteiger partial charge in [-0.25, -0.2) is 0 Å². The second kappa shape index (κ2) is 3.60. The molecule has 0 bridgehead atoms. The molecule has 0 radical (unpaired) electrons. The maximum Gasteiger partial charge on any atom is 0.101 e. The predicted molar refractivity (Wildman–Crippen MR) is 63.6 cm³/mol. The molecule has 1 aromatic carbocycles. The number of halogens is 1. The third-order valence-electron chi connectivity index (χ3n) is 2.14. The number of benzene rings is 1. The molecule has 0 saturated carbocycles. The molecule has 0 fully saturated rings. The predicted octanol–water partition coefficient (Wildman–Crippen LogP) is 3.25. The summed E-state index contributed by atoms with van der Waals surface area (Å²) in [6, 6.07) is 6.07. The monoisotopic (exact) mass is 266 g/mol. The Bertz CT molecular complexity index is 525. The Kier molecular flexibility index (Phi) is 2.44. The lowest BCUT2D eigenvalue weighted by Gasteiger charge is -2.02. The Morgan fingerprint density at radius 2 is 2.29 bits per heavy atom. The molecule has 2 aromatic rings. The summed E-state index contributed by atoms with van der Waals surface area (Å²) in [5.41, 5.74) is 8.53. The van der Waals surface area contributed by atoms with Crippen molar-refractivity contribution in [2.45, 2.75) is 5.33 Å². The van der Waals surface area contributed by atoms with Crippen LogP contribution in [-0.2, 0) is 5.33 Å². The molecule has 0 saturated heterocycles. The van der Waals surface area contributed by atoms with Gasteiger partial charge in [-0.15, -0.1) is 11.3 Å². The third-order valence-corrected chi connectivity index (χ3v) is 3.77. The maximum atomic E-state index is 8.85. The van der Waals surface area contributed by atoms with Crippen molar-refractivity contribution in [2.24, 2.45) is 0 Å². The zero-order chi connectivity index (χ0) is 10.1. The number of alkyl halides is 1. The summed E-state index contributed by atoms with van der Waals surface area (Å²) >= 11 is 4.90. The summed E-state index contributed by atoms with van der Waals surface area (Å²) in [4.78, 5) is 0. The smallest absolute Gasteiger partial charge is 0.101 e. The second-order valence-electron chi connectivity index (χ2n) is 2.91. The number of hydrogen-bond acceptors (Lipinski definition) is 3. The van der Waals surface area contributed by atoms with E-state index in [1.165, 1.54) is 11.3 Å². The Labute approximate surface area is 94.1 Å². The number of nitriles is 1. The molecule has 0 unspecified atom stereocenters. The summed E-state index contributed by atoms with van der Waals surface area (Å²) in [5, 5.41) is 12.4. The van der Waals surface area contributed by atoms with Gasteiger partial charge in [0.15, 0.2) is 0 Å². The van der Waals surface area contributed by atoms with Crippen LogP contribution in [0.25, 0.3) is 10.1 Å². The highest BCUT2D eigenvalue weighted by molar-refractivity contribution is 9.08. The van der Waals surface area contributed by atoms with Crippen molar-refractivity contribution in [3.63, 3.8) is 0 Å². The van der Waals surface area contributed by atoms with Gasteiger partial charge in [0.25, 0.3) is 0 Å². The lowest BCUT2D eigenvalue weighted by Crippen LogP contribution is -1.91. The van der Waals surface area contributed by atoms with E-state index in [0.717, 1.165) is 26.7 Å². The summed E-state index contributed by atoms with van der Waals surface area (Å²) in [6.07, 6.45) is 0. The number of nitrogen functional groups attached to an aromatic ring is 1. The molecule has 0 aliphatic rings. The Hall–Kier alpha value is -1.05. The minimum Gasteiger partial charge on any atom is -0.397 e. The van der Waals surface area contributed by atoms with Gasteiger partial charge in [-0.2, -0.15) is 5.26 Å². The highest BCUT2D eigenvalue weighted by atomic mass is 79.9. The second-order valence-corrected chi connectivity index (χ2v) is 4.35. The van der Waals surface area contributed by atoms with Gasteiger partial charge in [0, 0.05) is 16.1 Å². The summed E-state index contributed by atoms with van der Waals surface area (Å²) in [6.45, 7) is 0. The van der Waals surface area contributed by atoms with Crippen LogP contribution in [0.3, 0.4) is 0 Å². The fraction of sp³-hybridized carbons (Fsp3) is 0.100. The first kappa shape index (κ1) is 9.50. The minimum atomic E-state index is 0.706. The first-order valence-corrected chi connectivity index (χ1v) is 6.02. The van der Waals surface area contributed by atoms with Crippen LogP contribution in [0.5, 0.6) is 0 Å². The van der Waals surface area contributed by atoms with E-state index in [9.17, 15) is 0 Å². The molecule has 0 spiro atoms. The molecule has 0 atom stereocenters. The van der Waals surface area contributed by atoms with Crippen LogP contribution in [0, 0.1) is 11.3 Å². The highest BCUT2D eigenvalue weighted by Crippen LogP contribution is 2.33. The van der Waals surface area contributed by atoms with Gasteiger partial charge in [0.2, 0.25) is 0 Å². The minimum absolute atomic E-state index is 0.706. The van der Waals surface area contributed by atoms with E-state index < -0.39 is 0 Å². The van der Waals surface area contributed by atoms with E-state index >= 15 is 0 Å². The molecular weight excluding hydrogens is 260 g/mol. The Balaban J connectivity index is 2.80. The van der Waals surface area contributed by atoms with Gasteiger partial charge in [0.1, 0.15) is 6.07 Å². The number of nitrogens with zero attached hydrogens (tertiary/aromatic N) is 1. The highest BCUT2D eigenvalue weighted by Gasteiger charge is 2.08. The lowest BCUT2D eigenvalue weighted by atomic mass is 10.1. The van der Waals surface area contributed by atoms with Gasteiger partial charge in [-0.05, 0) is 5.56 Å². The molecule has 14 heavy (non-hydrogen) atoms. The van der Waals surface area contributed by atoms with Gasteiger partial charge < -0.3 is 5.73 Å². The van der Waals surface area contributed by atoms with Gasteiger partial charge in [-0.1, -0.05) is 28.1 Å². The average molecular weight is 267 g/mol. The first-order chi connectivity index (χ1) is 6.77. The quantitative estimate of drug-likeness (QED) is 0.637. The molecule has 0 aliphatic carbocycles. The van der Waals surface area contributed by atoms with Crippen molar-refractivity contribution in [3.8, 4) is 6.07 Å². The molecular formula is C10H7BrN2S. The van der Waals surface area contributed by atoms with E-state index in [1.54, 1.807) is 0 Å². The average Bonchev–Trinajstić information content (AvgIpc) is 2.62. The van der Waals surface area contributed by atoms with Crippen molar-refractivity contribution in [1.82, 2.24) is 0 Å². The standard InChI is InChI=1S/C10H7BrN2S/c11-3-6-1-2-8-7(4-12)5-14-10(8)9(6)13/h1-2,5H,3,13H2. The number of rotatable bonds is 1. The van der Waals surface area contributed by atoms with E-state index in [-0.39, 0.29) is 0 Å². The van der Waals surface area contributed by atoms with Crippen molar-refractivity contribution >= 4 is 43.0 Å². The lowest BCUT2D eigenvalue weighted by molar-refractivity contribution is 1.47. The number of hydrogen-bond donors (Lipinski definition) is 1. The molecule has 2 nitrogen and oxygen atoms in total. The number of thiophene rings is 1. The van der Waals surface area contributed by atoms with Crippen molar-refractivity contribution in [1.29, 1.82) is 5.26 Å². The molecule has 0 aliphatic heterocycles. The van der Waals surface area contributed by atoms with Crippen LogP contribution < -0.4 is 5.73 Å². The van der Waals surface area contributed by atoms with E-state index in [1.807, 2.05) is 17.5 Å². The molecule has 4 heteroatoms. The van der Waals surface area contributed by atoms with Crippen molar-refractivity contribution in [2.75, 3.05) is 5.73 Å². The van der Waals surface area contributed by atoms with E-state index in [4.69, 9.17) is 11.0 Å². The fourth-order valence-electron chi connectivity index (χ4n) is 1.36. The van der Waals surface area contributed by atoms with E-state index in [2.05, 4.69) is 22.0 Å². The molecule has 1 heterocycles. The maximum absolute atomic E-state index is 8.85. The van der Waals surface area contributed by atoms with Gasteiger partial charge in [0.05, 0.1) is 16.0 Å². The van der Waals surface area contributed by atoms with Crippen molar-refractivity contribution < 1.29 is 0 Å². The number of anilines is 1. The molecule has 2 rings (SSSR count). The SMILES string of the molecule is N#Cc1csc2c(N)c(CBr)ccc12. The third kappa shape index (κ3) is 1.29. The topological polar surface area (TPSA) is 49.8 Å². The van der Waals surface area contributed by atoms with Crippen LogP contribution in [-0.4, -0.2) is 0 Å². The summed E-state index contributed by atoms with van der Waals surface area (Å²) in [7, 11) is 0. The Morgan fingerprint density at radius 3 is 2.93 bits per heavy atom. The zero-order valence-corrected chi connectivity index (χ0v) is 9.65. The van der Waals surface area contributed by atoms with Crippen LogP contribution in [0.4, 0.5) is 5.69 Å². The Morgan fingerprint density at radius 1 is 1.50 bits per heavy atom. The van der Waals surface area contributed by atoms with Gasteiger partial charge in [-0.3, -0.25) is 0 Å². The van der Waals surface area contributed by atoms with E-state index in [0.29, 0.717) is 5.56 Å². The van der Waals surface area contributed by atoms with Crippen molar-refractivity contribution in [3.05, 3.63) is 28.6 Å². The van der Waals surface area contributed by atoms with Crippen LogP contribution in [0.15, 0.2) is 17.5 Å².